The van der Waals surface area contributed by atoms with Gasteiger partial charge in [0.1, 0.15) is 11.6 Å². The Morgan fingerprint density at radius 1 is 1.19 bits per heavy atom. The number of ether oxygens (including phenoxy) is 1. The third kappa shape index (κ3) is 2.52. The number of rotatable bonds is 4. The van der Waals surface area contributed by atoms with Gasteiger partial charge >= 0.3 is 0 Å². The van der Waals surface area contributed by atoms with Crippen molar-refractivity contribution in [3.05, 3.63) is 41.6 Å². The topological polar surface area (TPSA) is 48.2 Å². The zero-order chi connectivity index (χ0) is 11.4. The molecule has 1 aromatic heterocycles. The van der Waals surface area contributed by atoms with Crippen LogP contribution in [0.15, 0.2) is 28.7 Å². The van der Waals surface area contributed by atoms with E-state index in [4.69, 9.17) is 20.8 Å². The number of nitrogens with zero attached hydrogens (tertiary/aromatic N) is 2. The molecule has 0 atom stereocenters. The van der Waals surface area contributed by atoms with Crippen molar-refractivity contribution < 1.29 is 9.15 Å². The van der Waals surface area contributed by atoms with Gasteiger partial charge in [0.2, 0.25) is 11.8 Å². The van der Waals surface area contributed by atoms with E-state index in [0.717, 1.165) is 11.3 Å². The van der Waals surface area contributed by atoms with Crippen LogP contribution in [0, 0.1) is 0 Å². The first-order valence-corrected chi connectivity index (χ1v) is 5.35. The fraction of sp³-hybridized carbons (Fsp3) is 0.273. The molecule has 0 aliphatic carbocycles. The first-order valence-electron chi connectivity index (χ1n) is 4.82. The minimum Gasteiger partial charge on any atom is -0.497 e. The summed E-state index contributed by atoms with van der Waals surface area (Å²) in [6.07, 6.45) is 0.605. The number of halogens is 1. The molecule has 16 heavy (non-hydrogen) atoms. The fourth-order valence-electron chi connectivity index (χ4n) is 1.33. The smallest absolute Gasteiger partial charge is 0.231 e. The largest absolute Gasteiger partial charge is 0.497 e. The van der Waals surface area contributed by atoms with E-state index in [2.05, 4.69) is 10.2 Å². The maximum absolute atomic E-state index is 5.57. The Bertz CT molecular complexity index is 453. The number of hydrogen-bond donors (Lipinski definition) is 0. The summed E-state index contributed by atoms with van der Waals surface area (Å²) < 4.78 is 10.4. The summed E-state index contributed by atoms with van der Waals surface area (Å²) in [6.45, 7) is 0. The third-order valence-electron chi connectivity index (χ3n) is 2.14. The lowest BCUT2D eigenvalue weighted by Crippen LogP contribution is -1.89. The predicted molar refractivity (Wildman–Crippen MR) is 59.7 cm³/mol. The van der Waals surface area contributed by atoms with E-state index in [1.54, 1.807) is 7.11 Å². The molecule has 0 amide bonds. The second-order valence-electron chi connectivity index (χ2n) is 3.25. The van der Waals surface area contributed by atoms with Crippen molar-refractivity contribution in [1.82, 2.24) is 10.2 Å². The van der Waals surface area contributed by atoms with E-state index in [0.29, 0.717) is 18.2 Å². The van der Waals surface area contributed by atoms with Crippen LogP contribution in [0.3, 0.4) is 0 Å². The van der Waals surface area contributed by atoms with E-state index in [9.17, 15) is 0 Å². The second-order valence-corrected chi connectivity index (χ2v) is 3.52. The quantitative estimate of drug-likeness (QED) is 0.768. The molecule has 0 radical (unpaired) electrons. The summed E-state index contributed by atoms with van der Waals surface area (Å²) in [6, 6.07) is 7.72. The van der Waals surface area contributed by atoms with Crippen molar-refractivity contribution in [3.8, 4) is 5.75 Å². The molecular weight excluding hydrogens is 228 g/mol. The Balaban J connectivity index is 2.08. The number of alkyl halides is 1. The maximum Gasteiger partial charge on any atom is 0.231 e. The van der Waals surface area contributed by atoms with Gasteiger partial charge in [0.15, 0.2) is 0 Å². The van der Waals surface area contributed by atoms with Crippen molar-refractivity contribution in [3.63, 3.8) is 0 Å². The highest BCUT2D eigenvalue weighted by atomic mass is 35.5. The van der Waals surface area contributed by atoms with Gasteiger partial charge in [-0.2, -0.15) is 0 Å². The summed E-state index contributed by atoms with van der Waals surface area (Å²) in [4.78, 5) is 0. The number of methoxy groups -OCH3 is 1. The van der Waals surface area contributed by atoms with Gasteiger partial charge in [0, 0.05) is 0 Å². The Hall–Kier alpha value is -1.55. The van der Waals surface area contributed by atoms with Crippen LogP contribution >= 0.6 is 11.6 Å². The average molecular weight is 239 g/mol. The van der Waals surface area contributed by atoms with Crippen molar-refractivity contribution in [2.24, 2.45) is 0 Å². The Morgan fingerprint density at radius 3 is 2.44 bits per heavy atom. The number of benzene rings is 1. The fourth-order valence-corrected chi connectivity index (χ4v) is 1.44. The van der Waals surface area contributed by atoms with E-state index < -0.39 is 0 Å². The summed E-state index contributed by atoms with van der Waals surface area (Å²) in [5.41, 5.74) is 1.09. The normalized spacial score (nSPS) is 10.4. The monoisotopic (exact) mass is 238 g/mol. The zero-order valence-corrected chi connectivity index (χ0v) is 9.57. The molecule has 5 heteroatoms. The van der Waals surface area contributed by atoms with Gasteiger partial charge in [0.25, 0.3) is 0 Å². The molecular formula is C11H11ClN2O2. The molecule has 2 rings (SSSR count). The highest BCUT2D eigenvalue weighted by Gasteiger charge is 2.05. The predicted octanol–water partition coefficient (Wildman–Crippen LogP) is 2.41. The summed E-state index contributed by atoms with van der Waals surface area (Å²) in [5.74, 6) is 2.09. The molecule has 4 nitrogen and oxygen atoms in total. The molecule has 0 bridgehead atoms. The highest BCUT2D eigenvalue weighted by molar-refractivity contribution is 6.16. The van der Waals surface area contributed by atoms with Gasteiger partial charge in [-0.05, 0) is 17.7 Å². The Labute approximate surface area is 98.2 Å². The SMILES string of the molecule is COc1ccc(Cc2nnc(CCl)o2)cc1. The Morgan fingerprint density at radius 2 is 1.88 bits per heavy atom. The van der Waals surface area contributed by atoms with Crippen LogP contribution in [0.4, 0.5) is 0 Å². The molecule has 2 aromatic rings. The lowest BCUT2D eigenvalue weighted by Gasteiger charge is -2.00. The molecule has 1 aromatic carbocycles. The standard InChI is InChI=1S/C11H11ClN2O2/c1-15-9-4-2-8(3-5-9)6-10-13-14-11(7-12)16-10/h2-5H,6-7H2,1H3. The summed E-state index contributed by atoms with van der Waals surface area (Å²) >= 11 is 5.57. The van der Waals surface area contributed by atoms with Crippen molar-refractivity contribution in [2.75, 3.05) is 7.11 Å². The van der Waals surface area contributed by atoms with Crippen LogP contribution in [-0.4, -0.2) is 17.3 Å². The van der Waals surface area contributed by atoms with Crippen molar-refractivity contribution >= 4 is 11.6 Å². The third-order valence-corrected chi connectivity index (χ3v) is 2.37. The van der Waals surface area contributed by atoms with Gasteiger partial charge in [-0.3, -0.25) is 0 Å². The lowest BCUT2D eigenvalue weighted by molar-refractivity contribution is 0.414. The molecule has 0 aliphatic rings. The number of aromatic nitrogens is 2. The van der Waals surface area contributed by atoms with Gasteiger partial charge in [0.05, 0.1) is 13.5 Å². The molecule has 0 unspecified atom stereocenters. The number of hydrogen-bond acceptors (Lipinski definition) is 4. The summed E-state index contributed by atoms with van der Waals surface area (Å²) in [7, 11) is 1.64. The van der Waals surface area contributed by atoms with Gasteiger partial charge in [-0.15, -0.1) is 21.8 Å². The molecule has 0 saturated heterocycles. The second kappa shape index (κ2) is 4.99. The molecule has 0 aliphatic heterocycles. The van der Waals surface area contributed by atoms with Crippen LogP contribution in [0.5, 0.6) is 5.75 Å². The highest BCUT2D eigenvalue weighted by Crippen LogP contribution is 2.14. The minimum absolute atomic E-state index is 0.246. The molecule has 1 heterocycles. The van der Waals surface area contributed by atoms with Crippen molar-refractivity contribution in [2.45, 2.75) is 12.3 Å². The van der Waals surface area contributed by atoms with Gasteiger partial charge in [-0.1, -0.05) is 12.1 Å². The molecule has 84 valence electrons. The molecule has 0 spiro atoms. The summed E-state index contributed by atoms with van der Waals surface area (Å²) in [5, 5.41) is 7.68. The minimum atomic E-state index is 0.246. The van der Waals surface area contributed by atoms with Gasteiger partial charge < -0.3 is 9.15 Å². The van der Waals surface area contributed by atoms with Crippen LogP contribution in [0.25, 0.3) is 0 Å². The first-order chi connectivity index (χ1) is 7.81. The zero-order valence-electron chi connectivity index (χ0n) is 8.81. The van der Waals surface area contributed by atoms with E-state index >= 15 is 0 Å². The lowest BCUT2D eigenvalue weighted by atomic mass is 10.1. The van der Waals surface area contributed by atoms with Crippen LogP contribution in [0.1, 0.15) is 17.3 Å². The Kier molecular flexibility index (Phi) is 3.41. The maximum atomic E-state index is 5.57. The van der Waals surface area contributed by atoms with Crippen molar-refractivity contribution in [1.29, 1.82) is 0 Å². The van der Waals surface area contributed by atoms with Crippen LogP contribution < -0.4 is 4.74 Å². The van der Waals surface area contributed by atoms with E-state index in [1.165, 1.54) is 0 Å². The molecule has 0 saturated carbocycles. The van der Waals surface area contributed by atoms with E-state index in [1.807, 2.05) is 24.3 Å². The van der Waals surface area contributed by atoms with Crippen LogP contribution in [0.2, 0.25) is 0 Å². The molecule has 0 N–H and O–H groups in total. The molecule has 0 fully saturated rings. The van der Waals surface area contributed by atoms with E-state index in [-0.39, 0.29) is 5.88 Å². The van der Waals surface area contributed by atoms with Crippen LogP contribution in [-0.2, 0) is 12.3 Å². The first kappa shape index (κ1) is 11.0. The van der Waals surface area contributed by atoms with Gasteiger partial charge in [-0.25, -0.2) is 0 Å². The average Bonchev–Trinajstić information content (AvgIpc) is 2.78.